The van der Waals surface area contributed by atoms with Crippen LogP contribution in [0.3, 0.4) is 0 Å². The van der Waals surface area contributed by atoms with E-state index in [9.17, 15) is 18.0 Å². The Morgan fingerprint density at radius 3 is 2.27 bits per heavy atom. The highest BCUT2D eigenvalue weighted by Crippen LogP contribution is 2.23. The Morgan fingerprint density at radius 2 is 1.61 bits per heavy atom. The van der Waals surface area contributed by atoms with Gasteiger partial charge in [-0.1, -0.05) is 42.5 Å². The SMILES string of the molecule is Cc1cc(C(=O)COC(=O)c2ccccc2N(C)S(C)(=O)=O)c(C)n1CCc1ccccc1. The molecule has 1 aromatic heterocycles. The van der Waals surface area contributed by atoms with Crippen molar-refractivity contribution in [1.82, 2.24) is 4.57 Å². The highest BCUT2D eigenvalue weighted by molar-refractivity contribution is 7.92. The second-order valence-corrected chi connectivity index (χ2v) is 9.93. The van der Waals surface area contributed by atoms with Crippen LogP contribution in [-0.2, 0) is 27.7 Å². The van der Waals surface area contributed by atoms with Crippen molar-refractivity contribution in [3.63, 3.8) is 0 Å². The molecule has 0 fully saturated rings. The Labute approximate surface area is 194 Å². The fourth-order valence-corrected chi connectivity index (χ4v) is 4.22. The molecule has 0 saturated heterocycles. The molecule has 0 unspecified atom stereocenters. The summed E-state index contributed by atoms with van der Waals surface area (Å²) in [5.41, 5.74) is 3.77. The number of nitrogens with zero attached hydrogens (tertiary/aromatic N) is 2. The maximum atomic E-state index is 12.8. The summed E-state index contributed by atoms with van der Waals surface area (Å²) in [6.07, 6.45) is 1.89. The molecule has 0 atom stereocenters. The van der Waals surface area contributed by atoms with E-state index in [2.05, 4.69) is 16.7 Å². The molecule has 1 heterocycles. The number of aromatic nitrogens is 1. The van der Waals surface area contributed by atoms with Gasteiger partial charge in [0.05, 0.1) is 17.5 Å². The first-order valence-corrected chi connectivity index (χ1v) is 12.4. The van der Waals surface area contributed by atoms with Gasteiger partial charge in [0.2, 0.25) is 15.8 Å². The van der Waals surface area contributed by atoms with E-state index in [1.807, 2.05) is 38.1 Å². The van der Waals surface area contributed by atoms with Crippen molar-refractivity contribution >= 4 is 27.5 Å². The van der Waals surface area contributed by atoms with Crippen LogP contribution in [0.1, 0.15) is 37.7 Å². The zero-order valence-corrected chi connectivity index (χ0v) is 20.1. The number of Topliss-reactive ketones (excluding diaryl/α,β-unsaturated/α-hetero) is 1. The van der Waals surface area contributed by atoms with Crippen LogP contribution in [0.15, 0.2) is 60.7 Å². The van der Waals surface area contributed by atoms with Crippen molar-refractivity contribution in [2.75, 3.05) is 24.2 Å². The second kappa shape index (κ2) is 10.0. The Kier molecular flexibility index (Phi) is 7.38. The van der Waals surface area contributed by atoms with Crippen molar-refractivity contribution in [1.29, 1.82) is 0 Å². The lowest BCUT2D eigenvalue weighted by Crippen LogP contribution is -2.27. The van der Waals surface area contributed by atoms with E-state index in [1.54, 1.807) is 12.1 Å². The minimum atomic E-state index is -3.56. The number of rotatable bonds is 9. The lowest BCUT2D eigenvalue weighted by atomic mass is 10.1. The summed E-state index contributed by atoms with van der Waals surface area (Å²) in [6, 6.07) is 18.1. The molecule has 0 aliphatic heterocycles. The van der Waals surface area contributed by atoms with Gasteiger partial charge in [-0.05, 0) is 44.0 Å². The van der Waals surface area contributed by atoms with Crippen LogP contribution in [0.25, 0.3) is 0 Å². The van der Waals surface area contributed by atoms with E-state index in [0.717, 1.165) is 34.9 Å². The van der Waals surface area contributed by atoms with Crippen LogP contribution in [0.4, 0.5) is 5.69 Å². The predicted octanol–water partition coefficient (Wildman–Crippen LogP) is 3.78. The number of benzene rings is 2. The summed E-state index contributed by atoms with van der Waals surface area (Å²) in [6.45, 7) is 4.13. The zero-order valence-electron chi connectivity index (χ0n) is 19.2. The van der Waals surface area contributed by atoms with Gasteiger partial charge in [0, 0.05) is 30.5 Å². The molecule has 0 spiro atoms. The van der Waals surface area contributed by atoms with Crippen molar-refractivity contribution in [2.45, 2.75) is 26.8 Å². The normalized spacial score (nSPS) is 11.3. The third-order valence-corrected chi connectivity index (χ3v) is 6.83. The Balaban J connectivity index is 1.70. The molecule has 0 saturated carbocycles. The number of carbonyl (C=O) groups is 2. The maximum absolute atomic E-state index is 12.8. The molecule has 8 heteroatoms. The van der Waals surface area contributed by atoms with Gasteiger partial charge in [0.25, 0.3) is 0 Å². The van der Waals surface area contributed by atoms with Crippen LogP contribution in [-0.4, -0.2) is 44.6 Å². The summed E-state index contributed by atoms with van der Waals surface area (Å²) in [5.74, 6) is -1.07. The monoisotopic (exact) mass is 468 g/mol. The van der Waals surface area contributed by atoms with Crippen molar-refractivity contribution in [3.05, 3.63) is 88.7 Å². The average molecular weight is 469 g/mol. The number of esters is 1. The standard InChI is InChI=1S/C25H28N2O5S/c1-18-16-22(19(2)27(18)15-14-20-10-6-5-7-11-20)24(28)17-32-25(29)21-12-8-9-13-23(21)26(3)33(4,30)31/h5-13,16H,14-15,17H2,1-4H3. The molecule has 3 rings (SSSR count). The smallest absolute Gasteiger partial charge is 0.340 e. The molecule has 174 valence electrons. The molecule has 0 aliphatic rings. The van der Waals surface area contributed by atoms with E-state index in [-0.39, 0.29) is 17.0 Å². The zero-order chi connectivity index (χ0) is 24.2. The average Bonchev–Trinajstić information content (AvgIpc) is 3.08. The molecule has 3 aromatic rings. The summed E-state index contributed by atoms with van der Waals surface area (Å²) in [7, 11) is -2.21. The number of sulfonamides is 1. The summed E-state index contributed by atoms with van der Waals surface area (Å²) < 4.78 is 32.1. The number of para-hydroxylation sites is 1. The van der Waals surface area contributed by atoms with Gasteiger partial charge in [-0.25, -0.2) is 13.2 Å². The first-order chi connectivity index (χ1) is 15.6. The van der Waals surface area contributed by atoms with Gasteiger partial charge >= 0.3 is 5.97 Å². The Morgan fingerprint density at radius 1 is 0.970 bits per heavy atom. The predicted molar refractivity (Wildman–Crippen MR) is 128 cm³/mol. The number of ketones is 1. The van der Waals surface area contributed by atoms with Crippen LogP contribution >= 0.6 is 0 Å². The third kappa shape index (κ3) is 5.70. The maximum Gasteiger partial charge on any atom is 0.340 e. The lowest BCUT2D eigenvalue weighted by Gasteiger charge is -2.19. The number of carbonyl (C=O) groups excluding carboxylic acids is 2. The fourth-order valence-electron chi connectivity index (χ4n) is 3.70. The van der Waals surface area contributed by atoms with E-state index in [1.165, 1.54) is 24.7 Å². The fraction of sp³-hybridized carbons (Fsp3) is 0.280. The minimum Gasteiger partial charge on any atom is -0.454 e. The number of aryl methyl sites for hydroxylation is 2. The Hall–Kier alpha value is -3.39. The van der Waals surface area contributed by atoms with E-state index in [0.29, 0.717) is 5.56 Å². The minimum absolute atomic E-state index is 0.0755. The highest BCUT2D eigenvalue weighted by Gasteiger charge is 2.22. The van der Waals surface area contributed by atoms with Gasteiger partial charge in [0.15, 0.2) is 6.61 Å². The van der Waals surface area contributed by atoms with Crippen LogP contribution in [0.5, 0.6) is 0 Å². The number of ether oxygens (including phenoxy) is 1. The highest BCUT2D eigenvalue weighted by atomic mass is 32.2. The number of hydrogen-bond acceptors (Lipinski definition) is 5. The van der Waals surface area contributed by atoms with Crippen molar-refractivity contribution in [2.24, 2.45) is 0 Å². The molecule has 0 amide bonds. The van der Waals surface area contributed by atoms with Crippen LogP contribution < -0.4 is 4.31 Å². The van der Waals surface area contributed by atoms with Crippen molar-refractivity contribution in [3.8, 4) is 0 Å². The van der Waals surface area contributed by atoms with Gasteiger partial charge in [0.1, 0.15) is 0 Å². The molecule has 0 radical (unpaired) electrons. The summed E-state index contributed by atoms with van der Waals surface area (Å²) in [4.78, 5) is 25.5. The molecule has 7 nitrogen and oxygen atoms in total. The molecule has 33 heavy (non-hydrogen) atoms. The van der Waals surface area contributed by atoms with Gasteiger partial charge in [-0.15, -0.1) is 0 Å². The molecule has 0 N–H and O–H groups in total. The Bertz CT molecular complexity index is 1260. The molecule has 2 aromatic carbocycles. The molecular weight excluding hydrogens is 440 g/mol. The van der Waals surface area contributed by atoms with E-state index < -0.39 is 22.6 Å². The van der Waals surface area contributed by atoms with Gasteiger partial charge in [-0.2, -0.15) is 0 Å². The first kappa shape index (κ1) is 24.3. The van der Waals surface area contributed by atoms with Crippen LogP contribution in [0.2, 0.25) is 0 Å². The number of hydrogen-bond donors (Lipinski definition) is 0. The van der Waals surface area contributed by atoms with Crippen LogP contribution in [0, 0.1) is 13.8 Å². The molecule has 0 bridgehead atoms. The summed E-state index contributed by atoms with van der Waals surface area (Å²) >= 11 is 0. The quantitative estimate of drug-likeness (QED) is 0.352. The first-order valence-electron chi connectivity index (χ1n) is 10.5. The largest absolute Gasteiger partial charge is 0.454 e. The van der Waals surface area contributed by atoms with E-state index >= 15 is 0 Å². The second-order valence-electron chi connectivity index (χ2n) is 7.92. The summed E-state index contributed by atoms with van der Waals surface area (Å²) in [5, 5.41) is 0. The lowest BCUT2D eigenvalue weighted by molar-refractivity contribution is 0.0475. The van der Waals surface area contributed by atoms with E-state index in [4.69, 9.17) is 4.74 Å². The van der Waals surface area contributed by atoms with Crippen molar-refractivity contribution < 1.29 is 22.7 Å². The molecular formula is C25H28N2O5S. The van der Waals surface area contributed by atoms with Gasteiger partial charge < -0.3 is 9.30 Å². The number of anilines is 1. The van der Waals surface area contributed by atoms with Gasteiger partial charge in [-0.3, -0.25) is 9.10 Å². The molecule has 0 aliphatic carbocycles. The third-order valence-electron chi connectivity index (χ3n) is 5.64. The topological polar surface area (TPSA) is 85.7 Å².